The number of ether oxygens (including phenoxy) is 1. The number of benzene rings is 2. The van der Waals surface area contributed by atoms with E-state index in [0.717, 1.165) is 5.56 Å². The van der Waals surface area contributed by atoms with Gasteiger partial charge in [0.2, 0.25) is 10.0 Å². The number of esters is 1. The molecule has 2 aromatic rings. The number of nitrogens with one attached hydrogen (secondary N) is 1. The van der Waals surface area contributed by atoms with Gasteiger partial charge >= 0.3 is 5.97 Å². The average Bonchev–Trinajstić information content (AvgIpc) is 2.51. The summed E-state index contributed by atoms with van der Waals surface area (Å²) in [5.41, 5.74) is 0.804. The highest BCUT2D eigenvalue weighted by Crippen LogP contribution is 2.28. The highest BCUT2D eigenvalue weighted by atomic mass is 35.5. The molecule has 0 saturated carbocycles. The average molecular weight is 374 g/mol. The summed E-state index contributed by atoms with van der Waals surface area (Å²) in [7, 11) is -4.01. The molecule has 0 amide bonds. The van der Waals surface area contributed by atoms with Crippen molar-refractivity contribution in [1.82, 2.24) is 4.72 Å². The van der Waals surface area contributed by atoms with E-state index in [0.29, 0.717) is 0 Å². The standard InChI is InChI=1S/C15H13Cl2NO4S/c16-12-7-4-8-13(17)15(12)23(20,21)18-9-14(19)22-10-11-5-2-1-3-6-11/h1-8,18H,9-10H2. The van der Waals surface area contributed by atoms with Crippen molar-refractivity contribution in [3.8, 4) is 0 Å². The number of halogens is 2. The molecule has 0 fully saturated rings. The van der Waals surface area contributed by atoms with Crippen molar-refractivity contribution in [2.45, 2.75) is 11.5 Å². The fourth-order valence-corrected chi connectivity index (χ4v) is 3.86. The highest BCUT2D eigenvalue weighted by molar-refractivity contribution is 7.89. The smallest absolute Gasteiger partial charge is 0.321 e. The number of rotatable bonds is 6. The van der Waals surface area contributed by atoms with Gasteiger partial charge in [-0.05, 0) is 17.7 Å². The van der Waals surface area contributed by atoms with Crippen LogP contribution in [0.4, 0.5) is 0 Å². The largest absolute Gasteiger partial charge is 0.460 e. The molecule has 2 rings (SSSR count). The molecule has 0 aliphatic carbocycles. The minimum absolute atomic E-state index is 0.0253. The second-order valence-corrected chi connectivity index (χ2v) is 7.04. The van der Waals surface area contributed by atoms with Gasteiger partial charge in [-0.25, -0.2) is 8.42 Å². The minimum Gasteiger partial charge on any atom is -0.460 e. The maximum absolute atomic E-state index is 12.2. The van der Waals surface area contributed by atoms with Crippen LogP contribution in [0.1, 0.15) is 5.56 Å². The van der Waals surface area contributed by atoms with Crippen molar-refractivity contribution in [3.63, 3.8) is 0 Å². The van der Waals surface area contributed by atoms with Gasteiger partial charge in [-0.1, -0.05) is 59.6 Å². The first-order chi connectivity index (χ1) is 10.9. The third-order valence-electron chi connectivity index (χ3n) is 2.84. The van der Waals surface area contributed by atoms with E-state index < -0.39 is 22.5 Å². The van der Waals surface area contributed by atoms with Crippen molar-refractivity contribution in [3.05, 3.63) is 64.1 Å². The van der Waals surface area contributed by atoms with E-state index >= 15 is 0 Å². The van der Waals surface area contributed by atoms with Crippen LogP contribution in [-0.4, -0.2) is 20.9 Å². The lowest BCUT2D eigenvalue weighted by atomic mass is 10.2. The first-order valence-electron chi connectivity index (χ1n) is 6.53. The fourth-order valence-electron chi connectivity index (χ4n) is 1.75. The van der Waals surface area contributed by atoms with Crippen LogP contribution in [0.15, 0.2) is 53.4 Å². The topological polar surface area (TPSA) is 72.5 Å². The second kappa shape index (κ2) is 7.79. The zero-order chi connectivity index (χ0) is 16.9. The number of sulfonamides is 1. The summed E-state index contributed by atoms with van der Waals surface area (Å²) in [4.78, 5) is 11.4. The van der Waals surface area contributed by atoms with Gasteiger partial charge in [0.05, 0.1) is 10.0 Å². The van der Waals surface area contributed by atoms with Crippen LogP contribution >= 0.6 is 23.2 Å². The SMILES string of the molecule is O=C(CNS(=O)(=O)c1c(Cl)cccc1Cl)OCc1ccccc1. The van der Waals surface area contributed by atoms with E-state index in [1.165, 1.54) is 18.2 Å². The number of hydrogen-bond donors (Lipinski definition) is 1. The van der Waals surface area contributed by atoms with Crippen LogP contribution in [-0.2, 0) is 26.2 Å². The van der Waals surface area contributed by atoms with Crippen molar-refractivity contribution in [2.24, 2.45) is 0 Å². The molecule has 0 saturated heterocycles. The summed E-state index contributed by atoms with van der Waals surface area (Å²) in [5.74, 6) is -0.708. The van der Waals surface area contributed by atoms with Crippen molar-refractivity contribution in [2.75, 3.05) is 6.54 Å². The molecule has 2 aromatic carbocycles. The second-order valence-electron chi connectivity index (χ2n) is 4.52. The van der Waals surface area contributed by atoms with Crippen LogP contribution in [0.2, 0.25) is 10.0 Å². The predicted molar refractivity (Wildman–Crippen MR) is 87.9 cm³/mol. The molecule has 0 aromatic heterocycles. The van der Waals surface area contributed by atoms with Crippen LogP contribution < -0.4 is 4.72 Å². The zero-order valence-corrected chi connectivity index (χ0v) is 14.2. The molecule has 8 heteroatoms. The highest BCUT2D eigenvalue weighted by Gasteiger charge is 2.22. The lowest BCUT2D eigenvalue weighted by Crippen LogP contribution is -2.31. The lowest BCUT2D eigenvalue weighted by molar-refractivity contribution is -0.143. The van der Waals surface area contributed by atoms with Gasteiger partial charge in [0, 0.05) is 0 Å². The maximum atomic E-state index is 12.2. The maximum Gasteiger partial charge on any atom is 0.321 e. The van der Waals surface area contributed by atoms with Gasteiger partial charge in [-0.3, -0.25) is 4.79 Å². The van der Waals surface area contributed by atoms with Gasteiger partial charge in [0.25, 0.3) is 0 Å². The first kappa shape index (κ1) is 17.7. The van der Waals surface area contributed by atoms with Gasteiger partial charge < -0.3 is 4.74 Å². The van der Waals surface area contributed by atoms with Crippen molar-refractivity contribution in [1.29, 1.82) is 0 Å². The summed E-state index contributed by atoms with van der Waals surface area (Å²) < 4.78 is 31.4. The fraction of sp³-hybridized carbons (Fsp3) is 0.133. The van der Waals surface area contributed by atoms with E-state index in [2.05, 4.69) is 4.72 Å². The molecule has 0 unspecified atom stereocenters. The van der Waals surface area contributed by atoms with Crippen LogP contribution in [0.5, 0.6) is 0 Å². The summed E-state index contributed by atoms with van der Waals surface area (Å²) in [5, 5.41) is -0.0506. The Morgan fingerprint density at radius 2 is 1.61 bits per heavy atom. The summed E-state index contributed by atoms with van der Waals surface area (Å²) in [6.07, 6.45) is 0. The molecule has 0 atom stereocenters. The normalized spacial score (nSPS) is 11.2. The third kappa shape index (κ3) is 4.94. The van der Waals surface area contributed by atoms with Crippen molar-refractivity contribution >= 4 is 39.2 Å². The molecule has 23 heavy (non-hydrogen) atoms. The monoisotopic (exact) mass is 373 g/mol. The van der Waals surface area contributed by atoms with Gasteiger partial charge in [-0.15, -0.1) is 0 Å². The quantitative estimate of drug-likeness (QED) is 0.789. The molecular weight excluding hydrogens is 361 g/mol. The molecule has 0 spiro atoms. The van der Waals surface area contributed by atoms with E-state index in [1.807, 2.05) is 18.2 Å². The molecule has 0 radical (unpaired) electrons. The Morgan fingerprint density at radius 1 is 1.00 bits per heavy atom. The summed E-state index contributed by atoms with van der Waals surface area (Å²) in [6.45, 7) is -0.453. The Balaban J connectivity index is 1.95. The molecule has 0 aliphatic heterocycles. The van der Waals surface area contributed by atoms with Crippen LogP contribution in [0, 0.1) is 0 Å². The molecule has 0 aliphatic rings. The van der Waals surface area contributed by atoms with Gasteiger partial charge in [0.15, 0.2) is 0 Å². The molecular formula is C15H13Cl2NO4S. The minimum atomic E-state index is -4.01. The van der Waals surface area contributed by atoms with Gasteiger partial charge in [-0.2, -0.15) is 4.72 Å². The molecule has 122 valence electrons. The Bertz CT molecular complexity index is 774. The Labute approximate surface area is 144 Å². The lowest BCUT2D eigenvalue weighted by Gasteiger charge is -2.10. The Kier molecular flexibility index (Phi) is 6.01. The molecule has 5 nitrogen and oxygen atoms in total. The summed E-state index contributed by atoms with van der Waals surface area (Å²) >= 11 is 11.7. The van der Waals surface area contributed by atoms with Crippen LogP contribution in [0.25, 0.3) is 0 Å². The first-order valence-corrected chi connectivity index (χ1v) is 8.77. The van der Waals surface area contributed by atoms with Crippen LogP contribution in [0.3, 0.4) is 0 Å². The van der Waals surface area contributed by atoms with E-state index in [1.54, 1.807) is 12.1 Å². The molecule has 0 heterocycles. The Hall–Kier alpha value is -1.60. The molecule has 0 bridgehead atoms. The summed E-state index contributed by atoms with van der Waals surface area (Å²) in [6, 6.07) is 13.4. The predicted octanol–water partition coefficient (Wildman–Crippen LogP) is 3.02. The number of carbonyl (C=O) groups excluding carboxylic acids is 1. The van der Waals surface area contributed by atoms with E-state index in [9.17, 15) is 13.2 Å². The van der Waals surface area contributed by atoms with Gasteiger partial charge in [0.1, 0.15) is 18.0 Å². The number of hydrogen-bond acceptors (Lipinski definition) is 4. The zero-order valence-electron chi connectivity index (χ0n) is 11.8. The Morgan fingerprint density at radius 3 is 2.22 bits per heavy atom. The third-order valence-corrected chi connectivity index (χ3v) is 5.19. The number of carbonyl (C=O) groups is 1. The van der Waals surface area contributed by atoms with E-state index in [4.69, 9.17) is 27.9 Å². The van der Waals surface area contributed by atoms with Crippen molar-refractivity contribution < 1.29 is 17.9 Å². The molecule has 1 N–H and O–H groups in total. The van der Waals surface area contributed by atoms with E-state index in [-0.39, 0.29) is 21.5 Å².